The monoisotopic (exact) mass is 578 g/mol. The molecule has 0 spiro atoms. The summed E-state index contributed by atoms with van der Waals surface area (Å²) in [6.45, 7) is 2.11. The number of hydrogen-bond acceptors (Lipinski definition) is 6. The Balaban J connectivity index is 2.20. The summed E-state index contributed by atoms with van der Waals surface area (Å²) < 4.78 is 96.2. The maximum Gasteiger partial charge on any atom is 0.416 e. The minimum atomic E-state index is -5.08. The van der Waals surface area contributed by atoms with Gasteiger partial charge in [-0.25, -0.2) is 9.59 Å². The van der Waals surface area contributed by atoms with Crippen LogP contribution in [0, 0.1) is 0 Å². The zero-order valence-corrected chi connectivity index (χ0v) is 22.0. The molecule has 1 aliphatic rings. The van der Waals surface area contributed by atoms with Crippen LogP contribution in [0.1, 0.15) is 54.1 Å². The van der Waals surface area contributed by atoms with Gasteiger partial charge in [0.15, 0.2) is 0 Å². The van der Waals surface area contributed by atoms with Crippen molar-refractivity contribution in [3.8, 4) is 5.75 Å². The van der Waals surface area contributed by atoms with Crippen LogP contribution in [0.5, 0.6) is 5.75 Å². The first-order valence-electron chi connectivity index (χ1n) is 12.1. The summed E-state index contributed by atoms with van der Waals surface area (Å²) in [6.07, 6.45) is -11.9. The fraction of sp³-hybridized carbons (Fsp3) is 0.462. The molecule has 1 N–H and O–H groups in total. The molecule has 0 aromatic heterocycles. The van der Waals surface area contributed by atoms with E-state index in [-0.39, 0.29) is 41.7 Å². The van der Waals surface area contributed by atoms with Gasteiger partial charge in [-0.3, -0.25) is 9.80 Å². The van der Waals surface area contributed by atoms with Gasteiger partial charge in [-0.1, -0.05) is 0 Å². The predicted molar refractivity (Wildman–Crippen MR) is 130 cm³/mol. The molecule has 2 amide bonds. The smallest absolute Gasteiger partial charge is 0.416 e. The lowest BCUT2D eigenvalue weighted by Crippen LogP contribution is -2.47. The average molecular weight is 579 g/mol. The van der Waals surface area contributed by atoms with Crippen LogP contribution in [-0.2, 0) is 35.0 Å². The molecule has 3 rings (SSSR count). The highest BCUT2D eigenvalue weighted by Crippen LogP contribution is 2.45. The highest BCUT2D eigenvalue weighted by atomic mass is 19.4. The van der Waals surface area contributed by atoms with Gasteiger partial charge in [0.1, 0.15) is 5.75 Å². The Labute approximate surface area is 226 Å². The summed E-state index contributed by atoms with van der Waals surface area (Å²) in [6, 6.07) is 2.36. The summed E-state index contributed by atoms with van der Waals surface area (Å²) in [4.78, 5) is 28.1. The number of amides is 2. The first kappa shape index (κ1) is 30.9. The number of rotatable bonds is 6. The average Bonchev–Trinajstić information content (AvgIpc) is 2.89. The van der Waals surface area contributed by atoms with Crippen molar-refractivity contribution in [3.05, 3.63) is 58.1 Å². The second-order valence-electron chi connectivity index (χ2n) is 9.06. The molecule has 0 aliphatic carbocycles. The van der Waals surface area contributed by atoms with Crippen molar-refractivity contribution in [2.45, 2.75) is 57.9 Å². The number of hydrogen-bond donors (Lipinski definition) is 1. The van der Waals surface area contributed by atoms with E-state index in [1.165, 1.54) is 24.1 Å². The SMILES string of the molecule is CCOC(=O)N1c2cc(OC)c(CO)cc2[C@@H](N(Cc2cc(C(F)(F)F)cc(C(F)(F)F)c2)C(=O)OC)C[C@H]1C. The van der Waals surface area contributed by atoms with Crippen molar-refractivity contribution in [1.29, 1.82) is 0 Å². The molecule has 1 heterocycles. The number of fused-ring (bicyclic) bond motifs is 1. The molecule has 0 unspecified atom stereocenters. The lowest BCUT2D eigenvalue weighted by molar-refractivity contribution is -0.143. The first-order chi connectivity index (χ1) is 18.7. The molecule has 0 saturated carbocycles. The standard InChI is InChI=1S/C26H28F6N2O6/c1-5-40-24(37)34-14(2)6-20(19-9-16(13-35)22(38-3)11-21(19)34)33(23(36)39-4)12-15-7-17(25(27,28)29)10-18(8-15)26(30,31)32/h7-11,14,20,35H,5-6,12-13H2,1-4H3/t14-,20+/m1/s1. The Kier molecular flexibility index (Phi) is 9.12. The van der Waals surface area contributed by atoms with Gasteiger partial charge in [-0.15, -0.1) is 0 Å². The normalized spacial score (nSPS) is 17.2. The van der Waals surface area contributed by atoms with Gasteiger partial charge in [-0.05, 0) is 55.7 Å². The van der Waals surface area contributed by atoms with Crippen LogP contribution in [-0.4, -0.2) is 49.1 Å². The Morgan fingerprint density at radius 3 is 2.10 bits per heavy atom. The molecule has 0 bridgehead atoms. The second-order valence-corrected chi connectivity index (χ2v) is 9.06. The molecule has 1 aliphatic heterocycles. The highest BCUT2D eigenvalue weighted by Gasteiger charge is 2.41. The molecular weight excluding hydrogens is 550 g/mol. The number of carbonyl (C=O) groups excluding carboxylic acids is 2. The summed E-state index contributed by atoms with van der Waals surface area (Å²) >= 11 is 0. The van der Waals surface area contributed by atoms with Gasteiger partial charge in [0, 0.05) is 24.2 Å². The van der Waals surface area contributed by atoms with E-state index in [4.69, 9.17) is 14.2 Å². The summed E-state index contributed by atoms with van der Waals surface area (Å²) in [5, 5.41) is 9.89. The number of halogens is 6. The summed E-state index contributed by atoms with van der Waals surface area (Å²) in [5.74, 6) is 0.209. The molecule has 2 aromatic carbocycles. The number of aliphatic hydroxyl groups is 1. The number of methoxy groups -OCH3 is 2. The zero-order chi connectivity index (χ0) is 30.0. The van der Waals surface area contributed by atoms with Gasteiger partial charge < -0.3 is 19.3 Å². The van der Waals surface area contributed by atoms with Crippen LogP contribution in [0.15, 0.2) is 30.3 Å². The van der Waals surface area contributed by atoms with E-state index >= 15 is 0 Å². The van der Waals surface area contributed by atoms with E-state index in [1.807, 2.05) is 0 Å². The molecule has 0 saturated heterocycles. The first-order valence-corrected chi connectivity index (χ1v) is 12.1. The molecule has 0 fully saturated rings. The van der Waals surface area contributed by atoms with Crippen molar-refractivity contribution in [1.82, 2.24) is 4.90 Å². The number of aliphatic hydroxyl groups excluding tert-OH is 1. The number of ether oxygens (including phenoxy) is 3. The third-order valence-corrected chi connectivity index (χ3v) is 6.47. The maximum atomic E-state index is 13.5. The van der Waals surface area contributed by atoms with E-state index in [9.17, 15) is 41.0 Å². The van der Waals surface area contributed by atoms with E-state index < -0.39 is 66.5 Å². The second kappa shape index (κ2) is 11.8. The van der Waals surface area contributed by atoms with Crippen molar-refractivity contribution >= 4 is 17.9 Å². The number of benzene rings is 2. The van der Waals surface area contributed by atoms with E-state index in [0.29, 0.717) is 12.1 Å². The van der Waals surface area contributed by atoms with Gasteiger partial charge in [0.05, 0.1) is 50.3 Å². The van der Waals surface area contributed by atoms with E-state index in [1.54, 1.807) is 13.8 Å². The van der Waals surface area contributed by atoms with Crippen molar-refractivity contribution in [3.63, 3.8) is 0 Å². The van der Waals surface area contributed by atoms with Crippen LogP contribution in [0.25, 0.3) is 0 Å². The van der Waals surface area contributed by atoms with Crippen LogP contribution in [0.2, 0.25) is 0 Å². The lowest BCUT2D eigenvalue weighted by Gasteiger charge is -2.43. The highest BCUT2D eigenvalue weighted by molar-refractivity contribution is 5.91. The fourth-order valence-corrected chi connectivity index (χ4v) is 4.71. The predicted octanol–water partition coefficient (Wildman–Crippen LogP) is 6.29. The van der Waals surface area contributed by atoms with Gasteiger partial charge >= 0.3 is 24.5 Å². The van der Waals surface area contributed by atoms with E-state index in [2.05, 4.69) is 0 Å². The maximum absolute atomic E-state index is 13.5. The number of nitrogens with zero attached hydrogens (tertiary/aromatic N) is 2. The molecule has 2 atom stereocenters. The quantitative estimate of drug-likeness (QED) is 0.406. The van der Waals surface area contributed by atoms with Gasteiger partial charge in [0.2, 0.25) is 0 Å². The van der Waals surface area contributed by atoms with E-state index in [0.717, 1.165) is 12.0 Å². The van der Waals surface area contributed by atoms with Crippen molar-refractivity contribution < 1.29 is 55.2 Å². The Morgan fingerprint density at radius 1 is 1.02 bits per heavy atom. The Bertz CT molecular complexity index is 1220. The molecular formula is C26H28F6N2O6. The molecule has 8 nitrogen and oxygen atoms in total. The summed E-state index contributed by atoms with van der Waals surface area (Å²) in [5.41, 5.74) is -2.71. The minimum absolute atomic E-state index is 0.000979. The Hall–Kier alpha value is -3.68. The van der Waals surface area contributed by atoms with Crippen molar-refractivity contribution in [2.24, 2.45) is 0 Å². The number of carbonyl (C=O) groups is 2. The fourth-order valence-electron chi connectivity index (χ4n) is 4.71. The van der Waals surface area contributed by atoms with Gasteiger partial charge in [-0.2, -0.15) is 26.3 Å². The third-order valence-electron chi connectivity index (χ3n) is 6.47. The molecule has 220 valence electrons. The van der Waals surface area contributed by atoms with Crippen molar-refractivity contribution in [2.75, 3.05) is 25.7 Å². The number of anilines is 1. The molecule has 40 heavy (non-hydrogen) atoms. The largest absolute Gasteiger partial charge is 0.496 e. The Morgan fingerprint density at radius 2 is 1.62 bits per heavy atom. The van der Waals surface area contributed by atoms with Crippen LogP contribution < -0.4 is 9.64 Å². The molecule has 2 aromatic rings. The third kappa shape index (κ3) is 6.37. The summed E-state index contributed by atoms with van der Waals surface area (Å²) in [7, 11) is 2.36. The topological polar surface area (TPSA) is 88.5 Å². The van der Waals surface area contributed by atoms with Crippen LogP contribution in [0.3, 0.4) is 0 Å². The zero-order valence-electron chi connectivity index (χ0n) is 22.0. The van der Waals surface area contributed by atoms with Crippen LogP contribution >= 0.6 is 0 Å². The van der Waals surface area contributed by atoms with Gasteiger partial charge in [0.25, 0.3) is 0 Å². The lowest BCUT2D eigenvalue weighted by atomic mass is 9.89. The van der Waals surface area contributed by atoms with Crippen LogP contribution in [0.4, 0.5) is 41.6 Å². The minimum Gasteiger partial charge on any atom is -0.496 e. The molecule has 14 heteroatoms. The molecule has 0 radical (unpaired) electrons. The number of alkyl halides is 6.